The average Bonchev–Trinajstić information content (AvgIpc) is 3.75. The number of furan rings is 2. The summed E-state index contributed by atoms with van der Waals surface area (Å²) < 4.78 is 13.0. The van der Waals surface area contributed by atoms with Gasteiger partial charge in [-0.15, -0.1) is 0 Å². The normalized spacial score (nSPS) is 11.7. The third-order valence-corrected chi connectivity index (χ3v) is 9.66. The van der Waals surface area contributed by atoms with Crippen molar-refractivity contribution in [2.24, 2.45) is 0 Å². The number of hydrogen-bond donors (Lipinski definition) is 0. The van der Waals surface area contributed by atoms with Crippen LogP contribution < -0.4 is 4.90 Å². The Bertz CT molecular complexity index is 2810. The van der Waals surface area contributed by atoms with Crippen molar-refractivity contribution < 1.29 is 8.83 Å². The average molecular weight is 628 g/mol. The first kappa shape index (κ1) is 27.5. The highest BCUT2D eigenvalue weighted by Crippen LogP contribution is 2.44. The molecule has 0 unspecified atom stereocenters. The molecule has 10 rings (SSSR count). The first-order valence-corrected chi connectivity index (χ1v) is 16.6. The van der Waals surface area contributed by atoms with Crippen LogP contribution in [0.1, 0.15) is 0 Å². The first-order valence-electron chi connectivity index (χ1n) is 16.6. The van der Waals surface area contributed by atoms with Gasteiger partial charge < -0.3 is 13.7 Å². The minimum atomic E-state index is 0.870. The third-order valence-electron chi connectivity index (χ3n) is 9.66. The molecular weight excluding hydrogens is 599 g/mol. The molecule has 0 aliphatic heterocycles. The highest BCUT2D eigenvalue weighted by Gasteiger charge is 2.20. The molecule has 10 aromatic rings. The molecule has 0 atom stereocenters. The molecule has 0 radical (unpaired) electrons. The van der Waals surface area contributed by atoms with E-state index in [4.69, 9.17) is 8.83 Å². The zero-order chi connectivity index (χ0) is 32.3. The summed E-state index contributed by atoms with van der Waals surface area (Å²) in [4.78, 5) is 2.28. The van der Waals surface area contributed by atoms with E-state index in [9.17, 15) is 0 Å². The first-order chi connectivity index (χ1) is 24.3. The lowest BCUT2D eigenvalue weighted by atomic mass is 9.94. The molecule has 0 spiro atoms. The molecule has 8 aromatic carbocycles. The van der Waals surface area contributed by atoms with E-state index in [1.54, 1.807) is 0 Å². The van der Waals surface area contributed by atoms with Crippen molar-refractivity contribution in [3.05, 3.63) is 176 Å². The largest absolute Gasteiger partial charge is 0.455 e. The summed E-state index contributed by atoms with van der Waals surface area (Å²) in [6, 6.07) is 61.9. The summed E-state index contributed by atoms with van der Waals surface area (Å²) >= 11 is 0. The van der Waals surface area contributed by atoms with Gasteiger partial charge in [0.15, 0.2) is 5.58 Å². The smallest absolute Gasteiger partial charge is 0.159 e. The van der Waals surface area contributed by atoms with E-state index < -0.39 is 0 Å². The topological polar surface area (TPSA) is 29.5 Å². The van der Waals surface area contributed by atoms with E-state index in [0.717, 1.165) is 77.3 Å². The highest BCUT2D eigenvalue weighted by atomic mass is 16.3. The maximum atomic E-state index is 6.54. The van der Waals surface area contributed by atoms with E-state index in [0.29, 0.717) is 0 Å². The van der Waals surface area contributed by atoms with Gasteiger partial charge >= 0.3 is 0 Å². The van der Waals surface area contributed by atoms with Crippen LogP contribution in [0.25, 0.3) is 76.9 Å². The van der Waals surface area contributed by atoms with Gasteiger partial charge in [-0.1, -0.05) is 121 Å². The van der Waals surface area contributed by atoms with Crippen LogP contribution in [0, 0.1) is 0 Å². The Morgan fingerprint density at radius 1 is 0.327 bits per heavy atom. The molecule has 3 heteroatoms. The molecular formula is C46H29NO2. The molecule has 0 bridgehead atoms. The SMILES string of the molecule is c1ccc(-c2ccc3oc4c5ccccc5c(-c5ccc(N(c6ccccc6)c6cccc7c6oc6ccccc67)cc5)cc4c3c2)cc1. The van der Waals surface area contributed by atoms with Crippen LogP contribution in [0.15, 0.2) is 185 Å². The Kier molecular flexibility index (Phi) is 6.18. The summed E-state index contributed by atoms with van der Waals surface area (Å²) in [6.07, 6.45) is 0. The van der Waals surface area contributed by atoms with Crippen LogP contribution >= 0.6 is 0 Å². The molecule has 0 aliphatic rings. The van der Waals surface area contributed by atoms with Crippen molar-refractivity contribution in [1.82, 2.24) is 0 Å². The summed E-state index contributed by atoms with van der Waals surface area (Å²) in [7, 11) is 0. The van der Waals surface area contributed by atoms with Gasteiger partial charge in [-0.3, -0.25) is 0 Å². The van der Waals surface area contributed by atoms with Crippen molar-refractivity contribution in [2.45, 2.75) is 0 Å². The van der Waals surface area contributed by atoms with Crippen LogP contribution in [-0.4, -0.2) is 0 Å². The lowest BCUT2D eigenvalue weighted by Gasteiger charge is -2.25. The summed E-state index contributed by atoms with van der Waals surface area (Å²) in [6.45, 7) is 0. The number of fused-ring (bicyclic) bond motifs is 8. The Labute approximate surface area is 282 Å². The molecule has 0 N–H and O–H groups in total. The zero-order valence-corrected chi connectivity index (χ0v) is 26.5. The summed E-state index contributed by atoms with van der Waals surface area (Å²) in [5, 5.41) is 6.74. The Morgan fingerprint density at radius 3 is 1.73 bits per heavy atom. The van der Waals surface area contributed by atoms with E-state index in [2.05, 4.69) is 169 Å². The van der Waals surface area contributed by atoms with Crippen LogP contribution in [0.5, 0.6) is 0 Å². The number of para-hydroxylation sites is 3. The maximum absolute atomic E-state index is 6.54. The van der Waals surface area contributed by atoms with Crippen molar-refractivity contribution in [3.8, 4) is 22.3 Å². The number of nitrogens with zero attached hydrogens (tertiary/aromatic N) is 1. The maximum Gasteiger partial charge on any atom is 0.159 e. The number of hydrogen-bond acceptors (Lipinski definition) is 3. The fourth-order valence-electron chi connectivity index (χ4n) is 7.35. The number of benzene rings is 8. The summed E-state index contributed by atoms with van der Waals surface area (Å²) in [5.74, 6) is 0. The van der Waals surface area contributed by atoms with Crippen molar-refractivity contribution in [2.75, 3.05) is 4.90 Å². The lowest BCUT2D eigenvalue weighted by Crippen LogP contribution is -2.10. The van der Waals surface area contributed by atoms with Crippen molar-refractivity contribution in [3.63, 3.8) is 0 Å². The van der Waals surface area contributed by atoms with Crippen LogP contribution in [-0.2, 0) is 0 Å². The fraction of sp³-hybridized carbons (Fsp3) is 0. The van der Waals surface area contributed by atoms with E-state index in [1.165, 1.54) is 16.7 Å². The molecule has 0 fully saturated rings. The minimum Gasteiger partial charge on any atom is -0.455 e. The Morgan fingerprint density at radius 2 is 0.918 bits per heavy atom. The van der Waals surface area contributed by atoms with Crippen molar-refractivity contribution >= 4 is 71.7 Å². The molecule has 0 saturated carbocycles. The second-order valence-corrected chi connectivity index (χ2v) is 12.5. The molecule has 49 heavy (non-hydrogen) atoms. The van der Waals surface area contributed by atoms with Gasteiger partial charge in [-0.2, -0.15) is 0 Å². The minimum absolute atomic E-state index is 0.870. The van der Waals surface area contributed by atoms with Crippen LogP contribution in [0.4, 0.5) is 17.1 Å². The number of anilines is 3. The molecule has 230 valence electrons. The number of rotatable bonds is 5. The Hall–Kier alpha value is -6.58. The van der Waals surface area contributed by atoms with Gasteiger partial charge in [0.05, 0.1) is 5.69 Å². The molecule has 2 heterocycles. The van der Waals surface area contributed by atoms with Gasteiger partial charge in [0.2, 0.25) is 0 Å². The van der Waals surface area contributed by atoms with E-state index in [-0.39, 0.29) is 0 Å². The quantitative estimate of drug-likeness (QED) is 0.190. The van der Waals surface area contributed by atoms with Crippen LogP contribution in [0.3, 0.4) is 0 Å². The standard InChI is InChI=1S/C46H29NO2/c1-3-12-30(13-4-1)32-24-27-44-40(28-32)41-29-39(35-16-7-8-18-37(35)45(41)48-44)31-22-25-34(26-23-31)47(33-14-5-2-6-15-33)42-20-11-19-38-36-17-9-10-21-43(36)49-46(38)42/h1-29H. The molecule has 3 nitrogen and oxygen atoms in total. The van der Waals surface area contributed by atoms with Gasteiger partial charge in [0.1, 0.15) is 16.7 Å². The van der Waals surface area contributed by atoms with Gasteiger partial charge in [0.25, 0.3) is 0 Å². The van der Waals surface area contributed by atoms with Crippen LogP contribution in [0.2, 0.25) is 0 Å². The van der Waals surface area contributed by atoms with E-state index in [1.807, 2.05) is 12.1 Å². The second-order valence-electron chi connectivity index (χ2n) is 12.5. The second kappa shape index (κ2) is 11.0. The lowest BCUT2D eigenvalue weighted by molar-refractivity contribution is 0.669. The molecule has 0 saturated heterocycles. The Balaban J connectivity index is 1.14. The van der Waals surface area contributed by atoms with Gasteiger partial charge in [-0.25, -0.2) is 0 Å². The predicted molar refractivity (Wildman–Crippen MR) is 204 cm³/mol. The highest BCUT2D eigenvalue weighted by molar-refractivity contribution is 6.19. The third kappa shape index (κ3) is 4.44. The molecule has 2 aromatic heterocycles. The van der Waals surface area contributed by atoms with E-state index >= 15 is 0 Å². The summed E-state index contributed by atoms with van der Waals surface area (Å²) in [5.41, 5.74) is 11.4. The van der Waals surface area contributed by atoms with Gasteiger partial charge in [0, 0.05) is 38.3 Å². The van der Waals surface area contributed by atoms with Crippen molar-refractivity contribution in [1.29, 1.82) is 0 Å². The molecule has 0 amide bonds. The zero-order valence-electron chi connectivity index (χ0n) is 26.5. The molecule has 0 aliphatic carbocycles. The van der Waals surface area contributed by atoms with Gasteiger partial charge in [-0.05, 0) is 82.2 Å². The predicted octanol–water partition coefficient (Wildman–Crippen LogP) is 13.4. The fourth-order valence-corrected chi connectivity index (χ4v) is 7.35. The monoisotopic (exact) mass is 627 g/mol.